The Bertz CT molecular complexity index is 381. The predicted molar refractivity (Wildman–Crippen MR) is 67.8 cm³/mol. The molecule has 4 heteroatoms. The molecule has 0 aromatic heterocycles. The Labute approximate surface area is 100.0 Å². The van der Waals surface area contributed by atoms with E-state index in [1.807, 2.05) is 23.1 Å². The number of hydrogen-bond donors (Lipinski definition) is 1. The third-order valence-electron chi connectivity index (χ3n) is 2.64. The zero-order chi connectivity index (χ0) is 11.4. The van der Waals surface area contributed by atoms with Crippen molar-refractivity contribution in [3.63, 3.8) is 0 Å². The molecule has 0 spiro atoms. The van der Waals surface area contributed by atoms with E-state index in [-0.39, 0.29) is 5.91 Å². The summed E-state index contributed by atoms with van der Waals surface area (Å²) < 4.78 is 0. The molecule has 1 amide bonds. The molecular formula is C12H16N2OS. The zero-order valence-corrected chi connectivity index (χ0v) is 10.0. The van der Waals surface area contributed by atoms with E-state index in [4.69, 9.17) is 5.73 Å². The van der Waals surface area contributed by atoms with Crippen LogP contribution in [0.3, 0.4) is 0 Å². The van der Waals surface area contributed by atoms with Gasteiger partial charge in [-0.3, -0.25) is 4.79 Å². The van der Waals surface area contributed by atoms with Gasteiger partial charge in [0.15, 0.2) is 0 Å². The van der Waals surface area contributed by atoms with E-state index in [2.05, 4.69) is 6.07 Å². The molecule has 2 rings (SSSR count). The molecule has 1 aliphatic heterocycles. The van der Waals surface area contributed by atoms with E-state index < -0.39 is 0 Å². The van der Waals surface area contributed by atoms with Crippen LogP contribution in [0.15, 0.2) is 29.2 Å². The topological polar surface area (TPSA) is 46.3 Å². The minimum Gasteiger partial charge on any atom is -0.330 e. The Balaban J connectivity index is 2.13. The fourth-order valence-corrected chi connectivity index (χ4v) is 2.75. The molecule has 3 nitrogen and oxygen atoms in total. The summed E-state index contributed by atoms with van der Waals surface area (Å²) in [6, 6.07) is 8.08. The molecule has 1 aromatic carbocycles. The first kappa shape index (κ1) is 11.5. The van der Waals surface area contributed by atoms with Gasteiger partial charge >= 0.3 is 0 Å². The molecule has 86 valence electrons. The highest BCUT2D eigenvalue weighted by Crippen LogP contribution is 2.34. The molecule has 2 N–H and O–H groups in total. The van der Waals surface area contributed by atoms with Gasteiger partial charge in [-0.05, 0) is 31.5 Å². The average Bonchev–Trinajstić information content (AvgIpc) is 2.32. The number of amides is 1. The lowest BCUT2D eigenvalue weighted by Gasteiger charge is -2.28. The average molecular weight is 236 g/mol. The van der Waals surface area contributed by atoms with Gasteiger partial charge in [0.1, 0.15) is 0 Å². The van der Waals surface area contributed by atoms with Gasteiger partial charge in [-0.15, -0.1) is 11.8 Å². The number of thioether (sulfide) groups is 1. The first-order valence-electron chi connectivity index (χ1n) is 5.55. The molecule has 0 saturated heterocycles. The van der Waals surface area contributed by atoms with E-state index in [9.17, 15) is 4.79 Å². The van der Waals surface area contributed by atoms with Crippen molar-refractivity contribution in [2.24, 2.45) is 5.73 Å². The molecular weight excluding hydrogens is 220 g/mol. The SMILES string of the molecule is NCCCCN1C(=O)CSc2ccccc21. The van der Waals surface area contributed by atoms with Crippen LogP contribution in [0, 0.1) is 0 Å². The second-order valence-corrected chi connectivity index (χ2v) is 4.81. The molecule has 0 aliphatic carbocycles. The van der Waals surface area contributed by atoms with Crippen molar-refractivity contribution in [2.75, 3.05) is 23.7 Å². The number of nitrogens with two attached hydrogens (primary N) is 1. The van der Waals surface area contributed by atoms with Crippen LogP contribution in [-0.2, 0) is 4.79 Å². The summed E-state index contributed by atoms with van der Waals surface area (Å²) in [6.07, 6.45) is 1.94. The van der Waals surface area contributed by atoms with Crippen molar-refractivity contribution in [3.8, 4) is 0 Å². The van der Waals surface area contributed by atoms with Crippen LogP contribution >= 0.6 is 11.8 Å². The molecule has 0 radical (unpaired) electrons. The van der Waals surface area contributed by atoms with Crippen molar-refractivity contribution in [1.82, 2.24) is 0 Å². The maximum Gasteiger partial charge on any atom is 0.237 e. The van der Waals surface area contributed by atoms with Crippen molar-refractivity contribution in [1.29, 1.82) is 0 Å². The number of unbranched alkanes of at least 4 members (excludes halogenated alkanes) is 1. The van der Waals surface area contributed by atoms with Gasteiger partial charge in [0, 0.05) is 11.4 Å². The minimum atomic E-state index is 0.209. The normalized spacial score (nSPS) is 15.1. The van der Waals surface area contributed by atoms with Crippen LogP contribution in [0.1, 0.15) is 12.8 Å². The number of rotatable bonds is 4. The van der Waals surface area contributed by atoms with Gasteiger partial charge in [0.05, 0.1) is 11.4 Å². The Morgan fingerprint density at radius 3 is 2.94 bits per heavy atom. The van der Waals surface area contributed by atoms with Crippen molar-refractivity contribution >= 4 is 23.4 Å². The van der Waals surface area contributed by atoms with Gasteiger partial charge in [0.25, 0.3) is 0 Å². The van der Waals surface area contributed by atoms with Gasteiger partial charge in [-0.1, -0.05) is 12.1 Å². The maximum absolute atomic E-state index is 11.8. The zero-order valence-electron chi connectivity index (χ0n) is 9.19. The minimum absolute atomic E-state index is 0.209. The lowest BCUT2D eigenvalue weighted by Crippen LogP contribution is -2.36. The maximum atomic E-state index is 11.8. The predicted octanol–water partition coefficient (Wildman–Crippen LogP) is 1.86. The Morgan fingerprint density at radius 1 is 1.31 bits per heavy atom. The number of carbonyl (C=O) groups excluding carboxylic acids is 1. The van der Waals surface area contributed by atoms with E-state index >= 15 is 0 Å². The summed E-state index contributed by atoms with van der Waals surface area (Å²) in [5, 5.41) is 0. The molecule has 0 fully saturated rings. The van der Waals surface area contributed by atoms with Gasteiger partial charge in [0.2, 0.25) is 5.91 Å². The quantitative estimate of drug-likeness (QED) is 0.812. The highest BCUT2D eigenvalue weighted by molar-refractivity contribution is 8.00. The second-order valence-electron chi connectivity index (χ2n) is 3.80. The lowest BCUT2D eigenvalue weighted by atomic mass is 10.2. The summed E-state index contributed by atoms with van der Waals surface area (Å²) in [6.45, 7) is 1.48. The third-order valence-corrected chi connectivity index (χ3v) is 3.69. The molecule has 1 aliphatic rings. The molecule has 0 saturated carbocycles. The monoisotopic (exact) mass is 236 g/mol. The van der Waals surface area contributed by atoms with Crippen molar-refractivity contribution < 1.29 is 4.79 Å². The fraction of sp³-hybridized carbons (Fsp3) is 0.417. The first-order chi connectivity index (χ1) is 7.83. The molecule has 16 heavy (non-hydrogen) atoms. The summed E-state index contributed by atoms with van der Waals surface area (Å²) in [7, 11) is 0. The van der Waals surface area contributed by atoms with E-state index in [1.165, 1.54) is 4.90 Å². The largest absolute Gasteiger partial charge is 0.330 e. The molecule has 1 aromatic rings. The van der Waals surface area contributed by atoms with Crippen LogP contribution in [0.2, 0.25) is 0 Å². The summed E-state index contributed by atoms with van der Waals surface area (Å²) in [5.41, 5.74) is 6.52. The molecule has 0 bridgehead atoms. The fourth-order valence-electron chi connectivity index (χ4n) is 1.81. The number of carbonyl (C=O) groups is 1. The summed E-state index contributed by atoms with van der Waals surface area (Å²) in [4.78, 5) is 14.9. The van der Waals surface area contributed by atoms with Crippen LogP contribution < -0.4 is 10.6 Å². The number of anilines is 1. The standard InChI is InChI=1S/C12H16N2OS/c13-7-3-4-8-14-10-5-1-2-6-11(10)16-9-12(14)15/h1-2,5-6H,3-4,7-9,13H2. The van der Waals surface area contributed by atoms with Crippen LogP contribution in [0.5, 0.6) is 0 Å². The molecule has 0 unspecified atom stereocenters. The third kappa shape index (κ3) is 2.39. The number of hydrogen-bond acceptors (Lipinski definition) is 3. The number of nitrogens with zero attached hydrogens (tertiary/aromatic N) is 1. The van der Waals surface area contributed by atoms with Gasteiger partial charge < -0.3 is 10.6 Å². The number of fused-ring (bicyclic) bond motifs is 1. The number of benzene rings is 1. The molecule has 1 heterocycles. The van der Waals surface area contributed by atoms with Crippen LogP contribution in [0.25, 0.3) is 0 Å². The number of para-hydroxylation sites is 1. The van der Waals surface area contributed by atoms with Crippen LogP contribution in [0.4, 0.5) is 5.69 Å². The Morgan fingerprint density at radius 2 is 2.12 bits per heavy atom. The van der Waals surface area contributed by atoms with Crippen molar-refractivity contribution in [3.05, 3.63) is 24.3 Å². The van der Waals surface area contributed by atoms with Gasteiger partial charge in [-0.25, -0.2) is 0 Å². The molecule has 0 atom stereocenters. The second kappa shape index (κ2) is 5.37. The van der Waals surface area contributed by atoms with E-state index in [0.717, 1.165) is 25.1 Å². The highest BCUT2D eigenvalue weighted by Gasteiger charge is 2.23. The van der Waals surface area contributed by atoms with Gasteiger partial charge in [-0.2, -0.15) is 0 Å². The highest BCUT2D eigenvalue weighted by atomic mass is 32.2. The van der Waals surface area contributed by atoms with Crippen LogP contribution in [-0.4, -0.2) is 24.7 Å². The lowest BCUT2D eigenvalue weighted by molar-refractivity contribution is -0.116. The summed E-state index contributed by atoms with van der Waals surface area (Å²) >= 11 is 1.62. The van der Waals surface area contributed by atoms with E-state index in [0.29, 0.717) is 12.3 Å². The summed E-state index contributed by atoms with van der Waals surface area (Å²) in [5.74, 6) is 0.764. The van der Waals surface area contributed by atoms with Crippen molar-refractivity contribution in [2.45, 2.75) is 17.7 Å². The first-order valence-corrected chi connectivity index (χ1v) is 6.54. The Hall–Kier alpha value is -1.00. The van der Waals surface area contributed by atoms with E-state index in [1.54, 1.807) is 11.8 Å². The smallest absolute Gasteiger partial charge is 0.237 e. The Kier molecular flexibility index (Phi) is 3.85.